The van der Waals surface area contributed by atoms with Gasteiger partial charge in [-0.3, -0.25) is 9.59 Å². The molecule has 156 valence electrons. The van der Waals surface area contributed by atoms with E-state index in [4.69, 9.17) is 32.7 Å². The monoisotopic (exact) mass is 466 g/mol. The second kappa shape index (κ2) is 9.42. The maximum Gasteiger partial charge on any atom is 0.344 e. The summed E-state index contributed by atoms with van der Waals surface area (Å²) in [4.78, 5) is 40.3. The lowest BCUT2D eigenvalue weighted by Crippen LogP contribution is -2.20. The molecule has 30 heavy (non-hydrogen) atoms. The van der Waals surface area contributed by atoms with Crippen LogP contribution in [0.25, 0.3) is 10.9 Å². The van der Waals surface area contributed by atoms with Gasteiger partial charge in [-0.1, -0.05) is 35.0 Å². The van der Waals surface area contributed by atoms with Gasteiger partial charge < -0.3 is 19.8 Å². The predicted octanol–water partition coefficient (Wildman–Crippen LogP) is 4.36. The molecule has 7 nitrogen and oxygen atoms in total. The summed E-state index contributed by atoms with van der Waals surface area (Å²) in [5.41, 5.74) is 0.262. The number of esters is 1. The van der Waals surface area contributed by atoms with Gasteiger partial charge in [0.25, 0.3) is 0 Å². The van der Waals surface area contributed by atoms with E-state index in [1.165, 1.54) is 20.3 Å². The smallest absolute Gasteiger partial charge is 0.344 e. The number of hydrogen-bond acceptors (Lipinski definition) is 6. The van der Waals surface area contributed by atoms with Gasteiger partial charge in [0.1, 0.15) is 11.3 Å². The number of thioether (sulfide) groups is 1. The maximum atomic E-state index is 12.8. The van der Waals surface area contributed by atoms with E-state index in [1.54, 1.807) is 30.3 Å². The number of benzene rings is 2. The highest BCUT2D eigenvalue weighted by Gasteiger charge is 2.21. The number of hydrogen-bond donors (Lipinski definition) is 2. The van der Waals surface area contributed by atoms with Crippen molar-refractivity contribution in [3.05, 3.63) is 62.2 Å². The molecule has 1 heterocycles. The number of anilines is 1. The molecule has 0 atom stereocenters. The van der Waals surface area contributed by atoms with E-state index in [9.17, 15) is 14.4 Å². The Morgan fingerprint density at radius 2 is 1.90 bits per heavy atom. The Labute approximate surface area is 185 Å². The van der Waals surface area contributed by atoms with Crippen LogP contribution in [0.1, 0.15) is 10.4 Å². The number of H-pyrrole nitrogens is 1. The fourth-order valence-corrected chi connectivity index (χ4v) is 4.00. The van der Waals surface area contributed by atoms with E-state index in [2.05, 4.69) is 10.3 Å². The fraction of sp³-hybridized carbons (Fsp3) is 0.150. The lowest BCUT2D eigenvalue weighted by atomic mass is 10.1. The van der Waals surface area contributed by atoms with Crippen molar-refractivity contribution in [2.75, 3.05) is 25.3 Å². The number of halogens is 2. The molecule has 10 heteroatoms. The van der Waals surface area contributed by atoms with Crippen LogP contribution in [0.3, 0.4) is 0 Å². The number of pyridine rings is 1. The summed E-state index contributed by atoms with van der Waals surface area (Å²) >= 11 is 13.1. The first-order chi connectivity index (χ1) is 14.3. The number of fused-ring (bicyclic) bond motifs is 1. The zero-order chi connectivity index (χ0) is 21.8. The van der Waals surface area contributed by atoms with Crippen molar-refractivity contribution in [3.8, 4) is 5.75 Å². The van der Waals surface area contributed by atoms with Gasteiger partial charge in [0, 0.05) is 16.1 Å². The number of rotatable bonds is 6. The van der Waals surface area contributed by atoms with E-state index in [1.807, 2.05) is 0 Å². The van der Waals surface area contributed by atoms with Crippen molar-refractivity contribution < 1.29 is 19.1 Å². The molecule has 0 saturated heterocycles. The van der Waals surface area contributed by atoms with E-state index in [-0.39, 0.29) is 22.2 Å². The standard InChI is InChI=1S/C20H16Cl2N2O5S/c1-28-15-6-4-11(8-13(15)22)23-16(25)9-30-19-17(20(27)29-2)18(26)12-5-3-10(21)7-14(12)24-19/h3-8H,9H2,1-2H3,(H,23,25)(H,24,26). The Kier molecular flexibility index (Phi) is 6.91. The quantitative estimate of drug-likeness (QED) is 0.413. The Bertz CT molecular complexity index is 1200. The van der Waals surface area contributed by atoms with Crippen LogP contribution < -0.4 is 15.5 Å². The molecule has 0 bridgehead atoms. The Morgan fingerprint density at radius 3 is 2.57 bits per heavy atom. The van der Waals surface area contributed by atoms with Crippen molar-refractivity contribution in [2.45, 2.75) is 5.03 Å². The van der Waals surface area contributed by atoms with E-state index < -0.39 is 11.4 Å². The average molecular weight is 467 g/mol. The number of amides is 1. The zero-order valence-electron chi connectivity index (χ0n) is 15.9. The van der Waals surface area contributed by atoms with Crippen LogP contribution in [0.15, 0.2) is 46.2 Å². The lowest BCUT2D eigenvalue weighted by molar-refractivity contribution is -0.113. The fourth-order valence-electron chi connectivity index (χ4n) is 2.72. The summed E-state index contributed by atoms with van der Waals surface area (Å²) in [5, 5.41) is 3.98. The second-order valence-electron chi connectivity index (χ2n) is 6.03. The van der Waals surface area contributed by atoms with Gasteiger partial charge in [-0.2, -0.15) is 0 Å². The van der Waals surface area contributed by atoms with Crippen LogP contribution in [0, 0.1) is 0 Å². The number of methoxy groups -OCH3 is 2. The molecule has 3 rings (SSSR count). The summed E-state index contributed by atoms with van der Waals surface area (Å²) in [5.74, 6) is -0.739. The van der Waals surface area contributed by atoms with Gasteiger partial charge in [-0.05, 0) is 36.4 Å². The van der Waals surface area contributed by atoms with Gasteiger partial charge in [0.05, 0.1) is 35.5 Å². The first-order valence-electron chi connectivity index (χ1n) is 8.54. The number of nitrogens with one attached hydrogen (secondary N) is 2. The van der Waals surface area contributed by atoms with Gasteiger partial charge in [-0.25, -0.2) is 4.79 Å². The number of ether oxygens (including phenoxy) is 2. The molecule has 1 amide bonds. The molecule has 0 fully saturated rings. The predicted molar refractivity (Wildman–Crippen MR) is 118 cm³/mol. The van der Waals surface area contributed by atoms with E-state index >= 15 is 0 Å². The summed E-state index contributed by atoms with van der Waals surface area (Å²) in [6.45, 7) is 0. The molecule has 0 radical (unpaired) electrons. The van der Waals surface area contributed by atoms with Crippen LogP contribution in [-0.2, 0) is 9.53 Å². The highest BCUT2D eigenvalue weighted by atomic mass is 35.5. The zero-order valence-corrected chi connectivity index (χ0v) is 18.2. The molecule has 0 aliphatic heterocycles. The first kappa shape index (κ1) is 22.0. The number of aromatic amines is 1. The average Bonchev–Trinajstić information content (AvgIpc) is 2.71. The van der Waals surface area contributed by atoms with E-state index in [0.717, 1.165) is 11.8 Å². The van der Waals surface area contributed by atoms with Crippen LogP contribution >= 0.6 is 35.0 Å². The molecule has 0 aliphatic carbocycles. The van der Waals surface area contributed by atoms with E-state index in [0.29, 0.717) is 32.4 Å². The van der Waals surface area contributed by atoms with Gasteiger partial charge >= 0.3 is 5.97 Å². The number of carbonyl (C=O) groups is 2. The van der Waals surface area contributed by atoms with Crippen molar-refractivity contribution in [1.82, 2.24) is 4.98 Å². The molecular weight excluding hydrogens is 451 g/mol. The maximum absolute atomic E-state index is 12.8. The third kappa shape index (κ3) is 4.72. The van der Waals surface area contributed by atoms with Crippen LogP contribution in [0.5, 0.6) is 5.75 Å². The van der Waals surface area contributed by atoms with Crippen molar-refractivity contribution in [2.24, 2.45) is 0 Å². The molecular formula is C20H16Cl2N2O5S. The summed E-state index contributed by atoms with van der Waals surface area (Å²) in [6.07, 6.45) is 0. The highest BCUT2D eigenvalue weighted by Crippen LogP contribution is 2.28. The largest absolute Gasteiger partial charge is 0.495 e. The minimum atomic E-state index is -0.794. The van der Waals surface area contributed by atoms with Gasteiger partial charge in [-0.15, -0.1) is 0 Å². The van der Waals surface area contributed by atoms with Crippen LogP contribution in [0.4, 0.5) is 5.69 Å². The van der Waals surface area contributed by atoms with Crippen LogP contribution in [0.2, 0.25) is 10.0 Å². The molecule has 2 N–H and O–H groups in total. The first-order valence-corrected chi connectivity index (χ1v) is 10.3. The summed E-state index contributed by atoms with van der Waals surface area (Å²) in [6, 6.07) is 9.49. The van der Waals surface area contributed by atoms with Crippen molar-refractivity contribution in [1.29, 1.82) is 0 Å². The van der Waals surface area contributed by atoms with Crippen LogP contribution in [-0.4, -0.2) is 36.8 Å². The topological polar surface area (TPSA) is 97.5 Å². The third-order valence-corrected chi connectivity index (χ3v) is 5.63. The lowest BCUT2D eigenvalue weighted by Gasteiger charge is -2.11. The normalized spacial score (nSPS) is 10.7. The third-order valence-electron chi connectivity index (χ3n) is 4.10. The molecule has 0 unspecified atom stereocenters. The molecule has 0 aliphatic rings. The SMILES string of the molecule is COC(=O)c1c(SCC(=O)Nc2ccc(OC)c(Cl)c2)[nH]c2cc(Cl)ccc2c1=O. The Balaban J connectivity index is 1.85. The highest BCUT2D eigenvalue weighted by molar-refractivity contribution is 8.00. The van der Waals surface area contributed by atoms with Gasteiger partial charge in [0.15, 0.2) is 0 Å². The molecule has 0 saturated carbocycles. The number of carbonyl (C=O) groups excluding carboxylic acids is 2. The Hall–Kier alpha value is -2.68. The molecule has 2 aromatic carbocycles. The minimum Gasteiger partial charge on any atom is -0.495 e. The van der Waals surface area contributed by atoms with Crippen molar-refractivity contribution >= 4 is 63.4 Å². The summed E-state index contributed by atoms with van der Waals surface area (Å²) < 4.78 is 9.82. The second-order valence-corrected chi connectivity index (χ2v) is 7.86. The minimum absolute atomic E-state index is 0.0738. The Morgan fingerprint density at radius 1 is 1.13 bits per heavy atom. The molecule has 3 aromatic rings. The van der Waals surface area contributed by atoms with Crippen molar-refractivity contribution in [3.63, 3.8) is 0 Å². The molecule has 1 aromatic heterocycles. The number of aromatic nitrogens is 1. The summed E-state index contributed by atoms with van der Waals surface area (Å²) in [7, 11) is 2.68. The molecule has 0 spiro atoms. The van der Waals surface area contributed by atoms with Gasteiger partial charge in [0.2, 0.25) is 11.3 Å².